The maximum Gasteiger partial charge on any atom is 0.125 e. The Hall–Kier alpha value is -2.00. The zero-order valence-electron chi connectivity index (χ0n) is 13.0. The lowest BCUT2D eigenvalue weighted by molar-refractivity contribution is 0.215. The normalized spacial score (nSPS) is 10.5. The number of hydrogen-bond acceptors (Lipinski definition) is 3. The maximum atomic E-state index is 5.84. The summed E-state index contributed by atoms with van der Waals surface area (Å²) in [5.41, 5.74) is 10.3. The highest BCUT2D eigenvalue weighted by Gasteiger charge is 2.05. The van der Waals surface area contributed by atoms with Crippen LogP contribution in [0.3, 0.4) is 0 Å². The van der Waals surface area contributed by atoms with Gasteiger partial charge in [0, 0.05) is 6.54 Å². The monoisotopic (exact) mass is 285 g/mol. The lowest BCUT2D eigenvalue weighted by Crippen LogP contribution is -2.10. The number of benzene rings is 2. The largest absolute Gasteiger partial charge is 0.490 e. The van der Waals surface area contributed by atoms with Crippen molar-refractivity contribution in [1.82, 2.24) is 0 Å². The van der Waals surface area contributed by atoms with Crippen LogP contribution in [0.25, 0.3) is 0 Å². The molecular formula is C18H23NO2. The van der Waals surface area contributed by atoms with Crippen molar-refractivity contribution >= 4 is 0 Å². The third kappa shape index (κ3) is 4.23. The molecule has 112 valence electrons. The van der Waals surface area contributed by atoms with Crippen molar-refractivity contribution in [2.24, 2.45) is 5.73 Å². The van der Waals surface area contributed by atoms with Crippen molar-refractivity contribution in [2.75, 3.05) is 13.2 Å². The van der Waals surface area contributed by atoms with Gasteiger partial charge in [-0.15, -0.1) is 0 Å². The van der Waals surface area contributed by atoms with E-state index in [1.54, 1.807) is 0 Å². The van der Waals surface area contributed by atoms with Crippen LogP contribution in [0.2, 0.25) is 0 Å². The van der Waals surface area contributed by atoms with Crippen molar-refractivity contribution in [3.63, 3.8) is 0 Å². The van der Waals surface area contributed by atoms with E-state index < -0.39 is 0 Å². The molecule has 0 aliphatic carbocycles. The molecular weight excluding hydrogens is 262 g/mol. The van der Waals surface area contributed by atoms with Gasteiger partial charge in [0.05, 0.1) is 0 Å². The molecule has 0 saturated carbocycles. The second-order valence-corrected chi connectivity index (χ2v) is 5.27. The number of hydrogen-bond donors (Lipinski definition) is 1. The van der Waals surface area contributed by atoms with Gasteiger partial charge in [-0.1, -0.05) is 29.8 Å². The van der Waals surface area contributed by atoms with Gasteiger partial charge in [0.2, 0.25) is 0 Å². The standard InChI is InChI=1S/C18H23NO2/c1-13-10-14(2)18(15(3)11-13)21-9-8-20-17-6-4-16(12-19)5-7-17/h4-7,10-11H,8-9,12,19H2,1-3H3. The summed E-state index contributed by atoms with van der Waals surface area (Å²) in [7, 11) is 0. The Balaban J connectivity index is 1.84. The van der Waals surface area contributed by atoms with Crippen molar-refractivity contribution in [3.8, 4) is 11.5 Å². The molecule has 0 unspecified atom stereocenters. The second kappa shape index (κ2) is 7.14. The Kier molecular flexibility index (Phi) is 5.23. The first-order valence-electron chi connectivity index (χ1n) is 7.22. The molecule has 0 fully saturated rings. The zero-order valence-corrected chi connectivity index (χ0v) is 13.0. The van der Waals surface area contributed by atoms with Gasteiger partial charge in [-0.05, 0) is 49.6 Å². The molecule has 0 saturated heterocycles. The summed E-state index contributed by atoms with van der Waals surface area (Å²) < 4.78 is 11.5. The number of nitrogens with two attached hydrogens (primary N) is 1. The van der Waals surface area contributed by atoms with Gasteiger partial charge in [0.15, 0.2) is 0 Å². The Morgan fingerprint density at radius 2 is 1.43 bits per heavy atom. The Bertz CT molecular complexity index is 568. The molecule has 0 atom stereocenters. The van der Waals surface area contributed by atoms with E-state index in [1.807, 2.05) is 24.3 Å². The van der Waals surface area contributed by atoms with Gasteiger partial charge < -0.3 is 15.2 Å². The predicted octanol–water partition coefficient (Wildman–Crippen LogP) is 3.53. The topological polar surface area (TPSA) is 44.5 Å². The van der Waals surface area contributed by atoms with Gasteiger partial charge in [0.25, 0.3) is 0 Å². The van der Waals surface area contributed by atoms with Crippen molar-refractivity contribution < 1.29 is 9.47 Å². The van der Waals surface area contributed by atoms with E-state index in [0.29, 0.717) is 19.8 Å². The summed E-state index contributed by atoms with van der Waals surface area (Å²) in [5.74, 6) is 1.80. The third-order valence-electron chi connectivity index (χ3n) is 3.36. The SMILES string of the molecule is Cc1cc(C)c(OCCOc2ccc(CN)cc2)c(C)c1. The molecule has 2 aromatic rings. The molecule has 0 aromatic heterocycles. The molecule has 0 spiro atoms. The number of aryl methyl sites for hydroxylation is 3. The lowest BCUT2D eigenvalue weighted by Gasteiger charge is -2.13. The van der Waals surface area contributed by atoms with Crippen LogP contribution in [-0.2, 0) is 6.54 Å². The molecule has 0 radical (unpaired) electrons. The molecule has 0 heterocycles. The molecule has 0 amide bonds. The van der Waals surface area contributed by atoms with Crippen LogP contribution in [-0.4, -0.2) is 13.2 Å². The minimum atomic E-state index is 0.523. The Morgan fingerprint density at radius 1 is 0.857 bits per heavy atom. The van der Waals surface area contributed by atoms with Crippen molar-refractivity contribution in [3.05, 3.63) is 58.7 Å². The molecule has 0 aliphatic rings. The average Bonchev–Trinajstić information content (AvgIpc) is 2.46. The van der Waals surface area contributed by atoms with E-state index in [0.717, 1.165) is 17.1 Å². The fourth-order valence-corrected chi connectivity index (χ4v) is 2.42. The van der Waals surface area contributed by atoms with Crippen molar-refractivity contribution in [2.45, 2.75) is 27.3 Å². The van der Waals surface area contributed by atoms with Crippen LogP contribution >= 0.6 is 0 Å². The summed E-state index contributed by atoms with van der Waals surface area (Å²) in [6.45, 7) is 7.84. The predicted molar refractivity (Wildman–Crippen MR) is 86.0 cm³/mol. The first kappa shape index (κ1) is 15.4. The van der Waals surface area contributed by atoms with Gasteiger partial charge in [-0.2, -0.15) is 0 Å². The van der Waals surface area contributed by atoms with E-state index in [4.69, 9.17) is 15.2 Å². The van der Waals surface area contributed by atoms with Gasteiger partial charge in [-0.25, -0.2) is 0 Å². The molecule has 2 aromatic carbocycles. The Morgan fingerprint density at radius 3 is 2.00 bits per heavy atom. The second-order valence-electron chi connectivity index (χ2n) is 5.27. The fraction of sp³-hybridized carbons (Fsp3) is 0.333. The summed E-state index contributed by atoms with van der Waals surface area (Å²) in [6.07, 6.45) is 0. The quantitative estimate of drug-likeness (QED) is 0.826. The number of ether oxygens (including phenoxy) is 2. The molecule has 2 rings (SSSR count). The van der Waals surface area contributed by atoms with Gasteiger partial charge in [0.1, 0.15) is 24.7 Å². The summed E-state index contributed by atoms with van der Waals surface area (Å²) in [4.78, 5) is 0. The molecule has 0 aliphatic heterocycles. The van der Waals surface area contributed by atoms with E-state index in [2.05, 4.69) is 32.9 Å². The highest BCUT2D eigenvalue weighted by molar-refractivity contribution is 5.42. The van der Waals surface area contributed by atoms with E-state index in [-0.39, 0.29) is 0 Å². The van der Waals surface area contributed by atoms with E-state index in [9.17, 15) is 0 Å². The van der Waals surface area contributed by atoms with Crippen molar-refractivity contribution in [1.29, 1.82) is 0 Å². The highest BCUT2D eigenvalue weighted by Crippen LogP contribution is 2.24. The van der Waals surface area contributed by atoms with Gasteiger partial charge >= 0.3 is 0 Å². The summed E-state index contributed by atoms with van der Waals surface area (Å²) in [5, 5.41) is 0. The van der Waals surface area contributed by atoms with Crippen LogP contribution < -0.4 is 15.2 Å². The van der Waals surface area contributed by atoms with Gasteiger partial charge in [-0.3, -0.25) is 0 Å². The van der Waals surface area contributed by atoms with Crippen LogP contribution in [0, 0.1) is 20.8 Å². The molecule has 3 nitrogen and oxygen atoms in total. The van der Waals surface area contributed by atoms with Crippen LogP contribution in [0.1, 0.15) is 22.3 Å². The number of rotatable bonds is 6. The third-order valence-corrected chi connectivity index (χ3v) is 3.36. The molecule has 21 heavy (non-hydrogen) atoms. The fourth-order valence-electron chi connectivity index (χ4n) is 2.42. The van der Waals surface area contributed by atoms with E-state index in [1.165, 1.54) is 16.7 Å². The maximum absolute atomic E-state index is 5.84. The lowest BCUT2D eigenvalue weighted by atomic mass is 10.1. The summed E-state index contributed by atoms with van der Waals surface area (Å²) in [6, 6.07) is 12.1. The highest BCUT2D eigenvalue weighted by atomic mass is 16.5. The molecule has 0 bridgehead atoms. The first-order chi connectivity index (χ1) is 10.1. The van der Waals surface area contributed by atoms with Crippen LogP contribution in [0.15, 0.2) is 36.4 Å². The zero-order chi connectivity index (χ0) is 15.2. The summed E-state index contributed by atoms with van der Waals surface area (Å²) >= 11 is 0. The van der Waals surface area contributed by atoms with Crippen LogP contribution in [0.5, 0.6) is 11.5 Å². The Labute approximate surface area is 126 Å². The average molecular weight is 285 g/mol. The smallest absolute Gasteiger partial charge is 0.125 e. The van der Waals surface area contributed by atoms with Crippen LogP contribution in [0.4, 0.5) is 0 Å². The minimum absolute atomic E-state index is 0.523. The first-order valence-corrected chi connectivity index (χ1v) is 7.22. The minimum Gasteiger partial charge on any atom is -0.490 e. The molecule has 3 heteroatoms. The molecule has 2 N–H and O–H groups in total. The van der Waals surface area contributed by atoms with E-state index >= 15 is 0 Å².